The highest BCUT2D eigenvalue weighted by atomic mass is 19.1. The lowest BCUT2D eigenvalue weighted by molar-refractivity contribution is 0.0671. The molecule has 4 heterocycles. The molecule has 1 amide bonds. The van der Waals surface area contributed by atoms with Gasteiger partial charge in [0, 0.05) is 30.8 Å². The number of likely N-dealkylation sites (tertiary alicyclic amines) is 1. The van der Waals surface area contributed by atoms with Crippen molar-refractivity contribution in [2.75, 3.05) is 13.1 Å². The summed E-state index contributed by atoms with van der Waals surface area (Å²) in [6, 6.07) is 13.8. The zero-order valence-electron chi connectivity index (χ0n) is 16.6. The van der Waals surface area contributed by atoms with Crippen LogP contribution in [0.4, 0.5) is 4.39 Å². The van der Waals surface area contributed by atoms with Gasteiger partial charge in [0.25, 0.3) is 5.91 Å². The zero-order chi connectivity index (χ0) is 20.7. The standard InChI is InChI=1S/C23H21FN4O2/c1-15-7-9-20(30-15)23(29)27-11-3-5-18(13-27)22-25-21-10-8-17(14-28(21)26-22)16-4-2-6-19(24)12-16/h2,4,6-10,12,14,18H,3,5,11,13H2,1H3/t18-/m1/s1. The molecule has 1 aliphatic heterocycles. The summed E-state index contributed by atoms with van der Waals surface area (Å²) in [5.74, 6) is 1.52. The maximum Gasteiger partial charge on any atom is 0.289 e. The summed E-state index contributed by atoms with van der Waals surface area (Å²) < 4.78 is 20.8. The van der Waals surface area contributed by atoms with Crippen molar-refractivity contribution in [1.29, 1.82) is 0 Å². The predicted molar refractivity (Wildman–Crippen MR) is 110 cm³/mol. The number of furan rings is 1. The zero-order valence-corrected chi connectivity index (χ0v) is 16.6. The van der Waals surface area contributed by atoms with E-state index in [4.69, 9.17) is 4.42 Å². The Balaban J connectivity index is 1.39. The van der Waals surface area contributed by atoms with Crippen LogP contribution in [0.15, 0.2) is 59.1 Å². The van der Waals surface area contributed by atoms with Gasteiger partial charge in [-0.3, -0.25) is 4.79 Å². The van der Waals surface area contributed by atoms with Crippen LogP contribution in [-0.4, -0.2) is 38.5 Å². The maximum atomic E-state index is 13.6. The quantitative estimate of drug-likeness (QED) is 0.506. The Morgan fingerprint density at radius 3 is 2.87 bits per heavy atom. The SMILES string of the molecule is Cc1ccc(C(=O)N2CCC[C@@H](c3nc4ccc(-c5cccc(F)c5)cn4n3)C2)o1. The van der Waals surface area contributed by atoms with Crippen LogP contribution in [0.2, 0.25) is 0 Å². The van der Waals surface area contributed by atoms with Crippen molar-refractivity contribution in [3.63, 3.8) is 0 Å². The minimum atomic E-state index is -0.273. The molecule has 0 radical (unpaired) electrons. The number of halogens is 1. The van der Waals surface area contributed by atoms with E-state index in [1.54, 1.807) is 22.7 Å². The summed E-state index contributed by atoms with van der Waals surface area (Å²) >= 11 is 0. The van der Waals surface area contributed by atoms with E-state index in [-0.39, 0.29) is 17.6 Å². The van der Waals surface area contributed by atoms with E-state index >= 15 is 0 Å². The molecular weight excluding hydrogens is 383 g/mol. The van der Waals surface area contributed by atoms with Gasteiger partial charge in [-0.2, -0.15) is 5.10 Å². The Kier molecular flexibility index (Phi) is 4.58. The summed E-state index contributed by atoms with van der Waals surface area (Å²) in [4.78, 5) is 19.2. The van der Waals surface area contributed by atoms with Crippen molar-refractivity contribution in [1.82, 2.24) is 19.5 Å². The summed E-state index contributed by atoms with van der Waals surface area (Å²) in [5.41, 5.74) is 2.39. The third kappa shape index (κ3) is 3.47. The van der Waals surface area contributed by atoms with Gasteiger partial charge in [0.2, 0.25) is 0 Å². The van der Waals surface area contributed by atoms with Gasteiger partial charge in [-0.05, 0) is 61.7 Å². The molecule has 0 N–H and O–H groups in total. The number of aromatic nitrogens is 3. The molecule has 0 spiro atoms. The Morgan fingerprint density at radius 2 is 2.07 bits per heavy atom. The summed E-state index contributed by atoms with van der Waals surface area (Å²) in [5, 5.41) is 4.67. The Labute approximate surface area is 173 Å². The lowest BCUT2D eigenvalue weighted by Crippen LogP contribution is -2.39. The number of hydrogen-bond donors (Lipinski definition) is 0. The molecule has 1 aliphatic rings. The number of benzene rings is 1. The second kappa shape index (κ2) is 7.40. The molecular formula is C23H21FN4O2. The van der Waals surface area contributed by atoms with Gasteiger partial charge in [0.05, 0.1) is 0 Å². The van der Waals surface area contributed by atoms with Crippen LogP contribution in [-0.2, 0) is 0 Å². The smallest absolute Gasteiger partial charge is 0.289 e. The lowest BCUT2D eigenvalue weighted by atomic mass is 9.97. The van der Waals surface area contributed by atoms with Gasteiger partial charge in [0.15, 0.2) is 17.2 Å². The minimum Gasteiger partial charge on any atom is -0.456 e. The topological polar surface area (TPSA) is 63.6 Å². The highest BCUT2D eigenvalue weighted by Gasteiger charge is 2.29. The van der Waals surface area contributed by atoms with Crippen LogP contribution in [0.25, 0.3) is 16.8 Å². The number of carbonyl (C=O) groups is 1. The second-order valence-corrected chi connectivity index (χ2v) is 7.70. The fraction of sp³-hybridized carbons (Fsp3) is 0.261. The fourth-order valence-electron chi connectivity index (χ4n) is 3.99. The number of carbonyl (C=O) groups excluding carboxylic acids is 1. The summed E-state index contributed by atoms with van der Waals surface area (Å²) in [7, 11) is 0. The molecule has 7 heteroatoms. The summed E-state index contributed by atoms with van der Waals surface area (Å²) in [6.07, 6.45) is 3.67. The molecule has 1 fully saturated rings. The van der Waals surface area contributed by atoms with Crippen LogP contribution < -0.4 is 0 Å². The first-order valence-corrected chi connectivity index (χ1v) is 10.0. The third-order valence-electron chi connectivity index (χ3n) is 5.53. The van der Waals surface area contributed by atoms with Gasteiger partial charge < -0.3 is 9.32 Å². The Bertz CT molecular complexity index is 1230. The highest BCUT2D eigenvalue weighted by molar-refractivity contribution is 5.91. The summed E-state index contributed by atoms with van der Waals surface area (Å²) in [6.45, 7) is 3.09. The number of piperidine rings is 1. The molecule has 0 aliphatic carbocycles. The molecule has 4 aromatic rings. The van der Waals surface area contributed by atoms with Crippen molar-refractivity contribution in [2.45, 2.75) is 25.7 Å². The van der Waals surface area contributed by atoms with E-state index in [0.29, 0.717) is 18.8 Å². The van der Waals surface area contributed by atoms with Gasteiger partial charge in [-0.15, -0.1) is 0 Å². The number of pyridine rings is 1. The van der Waals surface area contributed by atoms with Crippen LogP contribution in [0.3, 0.4) is 0 Å². The van der Waals surface area contributed by atoms with Crippen LogP contribution in [0.1, 0.15) is 40.9 Å². The maximum absolute atomic E-state index is 13.6. The first-order valence-electron chi connectivity index (χ1n) is 10.0. The molecule has 1 saturated heterocycles. The molecule has 5 rings (SSSR count). The van der Waals surface area contributed by atoms with Gasteiger partial charge in [-0.1, -0.05) is 12.1 Å². The number of nitrogens with zero attached hydrogens (tertiary/aromatic N) is 4. The highest BCUT2D eigenvalue weighted by Crippen LogP contribution is 2.27. The average molecular weight is 404 g/mol. The van der Waals surface area contributed by atoms with Crippen molar-refractivity contribution < 1.29 is 13.6 Å². The van der Waals surface area contributed by atoms with E-state index in [9.17, 15) is 9.18 Å². The van der Waals surface area contributed by atoms with E-state index in [1.807, 2.05) is 36.2 Å². The van der Waals surface area contributed by atoms with Crippen molar-refractivity contribution in [2.24, 2.45) is 0 Å². The molecule has 0 bridgehead atoms. The van der Waals surface area contributed by atoms with Gasteiger partial charge in [0.1, 0.15) is 11.6 Å². The monoisotopic (exact) mass is 404 g/mol. The average Bonchev–Trinajstić information content (AvgIpc) is 3.39. The molecule has 30 heavy (non-hydrogen) atoms. The third-order valence-corrected chi connectivity index (χ3v) is 5.53. The van der Waals surface area contributed by atoms with E-state index in [0.717, 1.165) is 41.2 Å². The van der Waals surface area contributed by atoms with Gasteiger partial charge >= 0.3 is 0 Å². The normalized spacial score (nSPS) is 16.9. The second-order valence-electron chi connectivity index (χ2n) is 7.70. The minimum absolute atomic E-state index is 0.0660. The molecule has 3 aromatic heterocycles. The molecule has 6 nitrogen and oxygen atoms in total. The van der Waals surface area contributed by atoms with Crippen molar-refractivity contribution in [3.8, 4) is 11.1 Å². The molecule has 1 atom stereocenters. The first-order chi connectivity index (χ1) is 14.6. The molecule has 152 valence electrons. The first kappa shape index (κ1) is 18.5. The van der Waals surface area contributed by atoms with E-state index in [2.05, 4.69) is 10.1 Å². The van der Waals surface area contributed by atoms with Crippen LogP contribution >= 0.6 is 0 Å². The number of aryl methyl sites for hydroxylation is 1. The van der Waals surface area contributed by atoms with E-state index in [1.165, 1.54) is 12.1 Å². The van der Waals surface area contributed by atoms with Gasteiger partial charge in [-0.25, -0.2) is 13.9 Å². The van der Waals surface area contributed by atoms with Crippen LogP contribution in [0, 0.1) is 12.7 Å². The molecule has 0 unspecified atom stereocenters. The molecule has 0 saturated carbocycles. The number of rotatable bonds is 3. The van der Waals surface area contributed by atoms with Crippen molar-refractivity contribution in [3.05, 3.63) is 77.9 Å². The fourth-order valence-corrected chi connectivity index (χ4v) is 3.99. The number of hydrogen-bond acceptors (Lipinski definition) is 4. The largest absolute Gasteiger partial charge is 0.456 e. The van der Waals surface area contributed by atoms with Crippen LogP contribution in [0.5, 0.6) is 0 Å². The predicted octanol–water partition coefficient (Wildman–Crippen LogP) is 4.46. The lowest BCUT2D eigenvalue weighted by Gasteiger charge is -2.30. The number of amides is 1. The molecule has 1 aromatic carbocycles. The van der Waals surface area contributed by atoms with Crippen molar-refractivity contribution >= 4 is 11.6 Å². The Hall–Kier alpha value is -3.48. The van der Waals surface area contributed by atoms with E-state index < -0.39 is 0 Å². The number of fused-ring (bicyclic) bond motifs is 1. The Morgan fingerprint density at radius 1 is 1.17 bits per heavy atom.